The first-order valence-electron chi connectivity index (χ1n) is 18.4. The number of benzene rings is 8. The highest BCUT2D eigenvalue weighted by Gasteiger charge is 2.43. The van der Waals surface area contributed by atoms with E-state index in [1.54, 1.807) is 0 Å². The molecule has 0 saturated heterocycles. The highest BCUT2D eigenvalue weighted by Crippen LogP contribution is 2.63. The van der Waals surface area contributed by atoms with Crippen molar-refractivity contribution in [3.05, 3.63) is 193 Å². The molecule has 2 heterocycles. The molecule has 0 radical (unpaired) electrons. The molecule has 0 fully saturated rings. The van der Waals surface area contributed by atoms with Crippen LogP contribution in [0.4, 0.5) is 34.1 Å². The van der Waals surface area contributed by atoms with Crippen LogP contribution in [-0.2, 0) is 5.41 Å². The summed E-state index contributed by atoms with van der Waals surface area (Å²) in [6, 6.07) is 63.4. The minimum Gasteiger partial charge on any atom is -0.452 e. The number of ether oxygens (including phenoxy) is 1. The van der Waals surface area contributed by atoms with E-state index in [4.69, 9.17) is 4.74 Å². The molecule has 0 bridgehead atoms. The third kappa shape index (κ3) is 4.88. The summed E-state index contributed by atoms with van der Waals surface area (Å²) in [6.07, 6.45) is 0. The molecule has 3 heteroatoms. The number of anilines is 6. The van der Waals surface area contributed by atoms with Crippen LogP contribution in [0.5, 0.6) is 11.5 Å². The summed E-state index contributed by atoms with van der Waals surface area (Å²) < 4.78 is 7.28. The number of hydrogen-bond acceptors (Lipinski definition) is 3. The van der Waals surface area contributed by atoms with Crippen molar-refractivity contribution in [3.8, 4) is 33.8 Å². The first-order valence-corrected chi connectivity index (χ1v) is 18.4. The van der Waals surface area contributed by atoms with E-state index in [2.05, 4.69) is 206 Å². The second-order valence-corrected chi connectivity index (χ2v) is 14.6. The molecule has 10 rings (SSSR count). The van der Waals surface area contributed by atoms with E-state index in [0.29, 0.717) is 0 Å². The van der Waals surface area contributed by atoms with E-state index in [-0.39, 0.29) is 5.41 Å². The lowest BCUT2D eigenvalue weighted by atomic mass is 9.72. The Balaban J connectivity index is 1.28. The third-order valence-corrected chi connectivity index (χ3v) is 11.1. The lowest BCUT2D eigenvalue weighted by Crippen LogP contribution is -2.33. The zero-order valence-corrected chi connectivity index (χ0v) is 30.0. The van der Waals surface area contributed by atoms with Crippen molar-refractivity contribution in [1.82, 2.24) is 0 Å². The molecule has 0 atom stereocenters. The Morgan fingerprint density at radius 1 is 0.509 bits per heavy atom. The fourth-order valence-electron chi connectivity index (χ4n) is 8.48. The Kier molecular flexibility index (Phi) is 7.06. The second kappa shape index (κ2) is 12.0. The molecule has 0 saturated carbocycles. The van der Waals surface area contributed by atoms with Crippen molar-refractivity contribution in [3.63, 3.8) is 0 Å². The van der Waals surface area contributed by atoms with Crippen molar-refractivity contribution in [1.29, 1.82) is 0 Å². The fourth-order valence-corrected chi connectivity index (χ4v) is 8.48. The molecular formula is C50H38N2O. The predicted octanol–water partition coefficient (Wildman–Crippen LogP) is 14.2. The lowest BCUT2D eigenvalue weighted by Gasteiger charge is -2.46. The quantitative estimate of drug-likeness (QED) is 0.180. The van der Waals surface area contributed by atoms with Gasteiger partial charge in [0.2, 0.25) is 0 Å². The molecule has 0 amide bonds. The molecule has 254 valence electrons. The van der Waals surface area contributed by atoms with Crippen LogP contribution in [0.3, 0.4) is 0 Å². The molecule has 0 aliphatic carbocycles. The van der Waals surface area contributed by atoms with E-state index in [9.17, 15) is 0 Å². The predicted molar refractivity (Wildman–Crippen MR) is 221 cm³/mol. The van der Waals surface area contributed by atoms with Crippen LogP contribution < -0.4 is 14.5 Å². The van der Waals surface area contributed by atoms with Gasteiger partial charge in [-0.2, -0.15) is 0 Å². The molecule has 0 N–H and O–H groups in total. The van der Waals surface area contributed by atoms with Gasteiger partial charge in [-0.3, -0.25) is 0 Å². The van der Waals surface area contributed by atoms with E-state index in [0.717, 1.165) is 56.6 Å². The summed E-state index contributed by atoms with van der Waals surface area (Å²) in [6.45, 7) is 6.90. The Morgan fingerprint density at radius 3 is 1.96 bits per heavy atom. The first kappa shape index (κ1) is 31.2. The van der Waals surface area contributed by atoms with Crippen LogP contribution in [0.2, 0.25) is 0 Å². The molecule has 0 unspecified atom stereocenters. The van der Waals surface area contributed by atoms with E-state index >= 15 is 0 Å². The molecule has 53 heavy (non-hydrogen) atoms. The Hall–Kier alpha value is -6.58. The van der Waals surface area contributed by atoms with Gasteiger partial charge in [0.25, 0.3) is 0 Å². The van der Waals surface area contributed by atoms with Crippen molar-refractivity contribution in [2.45, 2.75) is 26.2 Å². The van der Waals surface area contributed by atoms with Crippen LogP contribution >= 0.6 is 0 Å². The van der Waals surface area contributed by atoms with Gasteiger partial charge < -0.3 is 14.5 Å². The minimum atomic E-state index is -0.313. The zero-order chi connectivity index (χ0) is 35.7. The molecule has 2 aliphatic heterocycles. The number of rotatable bonds is 5. The van der Waals surface area contributed by atoms with Crippen LogP contribution in [0.25, 0.3) is 33.0 Å². The highest BCUT2D eigenvalue weighted by atomic mass is 16.5. The summed E-state index contributed by atoms with van der Waals surface area (Å²) >= 11 is 0. The maximum absolute atomic E-state index is 7.28. The Bertz CT molecular complexity index is 2700. The molecular weight excluding hydrogens is 645 g/mol. The molecule has 0 spiro atoms. The van der Waals surface area contributed by atoms with Crippen molar-refractivity contribution in [2.75, 3.05) is 9.80 Å². The fraction of sp³-hybridized carbons (Fsp3) is 0.0800. The number of fused-ring (bicyclic) bond motifs is 5. The van der Waals surface area contributed by atoms with Crippen LogP contribution in [0.15, 0.2) is 176 Å². The van der Waals surface area contributed by atoms with Crippen molar-refractivity contribution in [2.24, 2.45) is 0 Å². The third-order valence-electron chi connectivity index (χ3n) is 11.1. The van der Waals surface area contributed by atoms with Gasteiger partial charge in [-0.1, -0.05) is 153 Å². The molecule has 3 nitrogen and oxygen atoms in total. The lowest BCUT2D eigenvalue weighted by molar-refractivity contribution is 0.472. The normalized spacial score (nSPS) is 13.5. The van der Waals surface area contributed by atoms with Gasteiger partial charge in [0.05, 0.1) is 28.4 Å². The second-order valence-electron chi connectivity index (χ2n) is 14.6. The number of nitrogens with zero attached hydrogens (tertiary/aromatic N) is 2. The average molecular weight is 683 g/mol. The summed E-state index contributed by atoms with van der Waals surface area (Å²) in [4.78, 5) is 4.88. The largest absolute Gasteiger partial charge is 0.452 e. The van der Waals surface area contributed by atoms with Crippen molar-refractivity contribution >= 4 is 44.9 Å². The molecule has 2 aliphatic rings. The van der Waals surface area contributed by atoms with Gasteiger partial charge in [0.15, 0.2) is 11.5 Å². The van der Waals surface area contributed by atoms with Crippen LogP contribution in [0, 0.1) is 6.92 Å². The molecule has 8 aromatic carbocycles. The smallest absolute Gasteiger partial charge is 0.159 e. The van der Waals surface area contributed by atoms with Crippen LogP contribution in [0.1, 0.15) is 30.5 Å². The average Bonchev–Trinajstić information content (AvgIpc) is 3.20. The summed E-state index contributed by atoms with van der Waals surface area (Å²) in [5, 5.41) is 2.41. The standard InChI is InChI=1S/C50H38N2O/c1-33-26-29-41(36-19-8-5-9-20-36)49-47(33)52-45-25-15-13-23-42(45)50(2,3)43-31-39(32-46(53-49)48(43)52)51(38-28-27-34-16-10-11-21-37(34)30-38)44-24-14-12-22-40(44)35-17-6-4-7-18-35/h4-32H,1-3H3. The maximum Gasteiger partial charge on any atom is 0.159 e. The number of hydrogen-bond donors (Lipinski definition) is 0. The summed E-state index contributed by atoms with van der Waals surface area (Å²) in [5.41, 5.74) is 14.5. The first-order chi connectivity index (χ1) is 26.0. The Morgan fingerprint density at radius 2 is 1.17 bits per heavy atom. The van der Waals surface area contributed by atoms with E-state index in [1.807, 2.05) is 0 Å². The van der Waals surface area contributed by atoms with Gasteiger partial charge in [-0.25, -0.2) is 0 Å². The van der Waals surface area contributed by atoms with Crippen molar-refractivity contribution < 1.29 is 4.74 Å². The van der Waals surface area contributed by atoms with Gasteiger partial charge in [0, 0.05) is 28.3 Å². The summed E-state index contributed by atoms with van der Waals surface area (Å²) in [5.74, 6) is 1.72. The van der Waals surface area contributed by atoms with E-state index in [1.165, 1.54) is 38.7 Å². The number of aryl methyl sites for hydroxylation is 1. The molecule has 0 aromatic heterocycles. The topological polar surface area (TPSA) is 15.7 Å². The number of para-hydroxylation sites is 2. The summed E-state index contributed by atoms with van der Waals surface area (Å²) in [7, 11) is 0. The molecule has 8 aromatic rings. The Labute approximate surface area is 311 Å². The van der Waals surface area contributed by atoms with Gasteiger partial charge >= 0.3 is 0 Å². The van der Waals surface area contributed by atoms with E-state index < -0.39 is 0 Å². The van der Waals surface area contributed by atoms with Crippen LogP contribution in [-0.4, -0.2) is 0 Å². The van der Waals surface area contributed by atoms with Gasteiger partial charge in [-0.05, 0) is 75.8 Å². The SMILES string of the molecule is Cc1ccc(-c2ccccc2)c2c1N1c3ccccc3C(C)(C)c3cc(N(c4ccc5ccccc5c4)c4ccccc4-c4ccccc4)cc(c31)O2. The highest BCUT2D eigenvalue weighted by molar-refractivity contribution is 6.00. The monoisotopic (exact) mass is 682 g/mol. The minimum absolute atomic E-state index is 0.313. The maximum atomic E-state index is 7.28. The van der Waals surface area contributed by atoms with Gasteiger partial charge in [0.1, 0.15) is 0 Å². The zero-order valence-electron chi connectivity index (χ0n) is 30.0. The van der Waals surface area contributed by atoms with Gasteiger partial charge in [-0.15, -0.1) is 0 Å².